The van der Waals surface area contributed by atoms with Crippen LogP contribution in [0.5, 0.6) is 0 Å². The lowest BCUT2D eigenvalue weighted by atomic mass is 9.93. The van der Waals surface area contributed by atoms with E-state index in [4.69, 9.17) is 4.74 Å². The van der Waals surface area contributed by atoms with Crippen LogP contribution in [-0.2, 0) is 14.3 Å². The fourth-order valence-electron chi connectivity index (χ4n) is 4.00. The van der Waals surface area contributed by atoms with E-state index in [0.717, 1.165) is 16.7 Å². The molecule has 0 bridgehead atoms. The van der Waals surface area contributed by atoms with Gasteiger partial charge >= 0.3 is 6.09 Å². The van der Waals surface area contributed by atoms with Gasteiger partial charge in [0.15, 0.2) is 0 Å². The molecular weight excluding hydrogens is 442 g/mol. The highest BCUT2D eigenvalue weighted by Gasteiger charge is 2.40. The number of aryl methyl sites for hydroxylation is 2. The van der Waals surface area contributed by atoms with Gasteiger partial charge in [-0.15, -0.1) is 0 Å². The normalized spacial score (nSPS) is 14.7. The molecule has 0 spiro atoms. The van der Waals surface area contributed by atoms with Crippen molar-refractivity contribution in [3.8, 4) is 0 Å². The molecular formula is C28H47N3O4. The minimum atomic E-state index is -0.854. The van der Waals surface area contributed by atoms with Crippen molar-refractivity contribution in [2.45, 2.75) is 119 Å². The summed E-state index contributed by atoms with van der Waals surface area (Å²) in [6.07, 6.45) is 0.0162. The van der Waals surface area contributed by atoms with Gasteiger partial charge in [-0.3, -0.25) is 9.59 Å². The molecule has 1 rings (SSSR count). The molecule has 7 heteroatoms. The summed E-state index contributed by atoms with van der Waals surface area (Å²) in [6.45, 7) is 22.7. The van der Waals surface area contributed by atoms with Crippen molar-refractivity contribution in [2.75, 3.05) is 0 Å². The fourth-order valence-corrected chi connectivity index (χ4v) is 4.00. The summed E-state index contributed by atoms with van der Waals surface area (Å²) in [4.78, 5) is 42.1. The molecule has 0 saturated heterocycles. The third kappa shape index (κ3) is 9.54. The van der Waals surface area contributed by atoms with Gasteiger partial charge in [0.2, 0.25) is 11.8 Å². The second-order valence-corrected chi connectivity index (χ2v) is 11.9. The van der Waals surface area contributed by atoms with Crippen LogP contribution < -0.4 is 10.6 Å². The van der Waals surface area contributed by atoms with Crippen molar-refractivity contribution in [1.29, 1.82) is 0 Å². The van der Waals surface area contributed by atoms with Gasteiger partial charge in [-0.25, -0.2) is 4.79 Å². The van der Waals surface area contributed by atoms with E-state index in [1.165, 1.54) is 0 Å². The Morgan fingerprint density at radius 2 is 1.46 bits per heavy atom. The van der Waals surface area contributed by atoms with Crippen LogP contribution in [-0.4, -0.2) is 46.0 Å². The van der Waals surface area contributed by atoms with Crippen LogP contribution in [0.15, 0.2) is 18.2 Å². The van der Waals surface area contributed by atoms with Crippen LogP contribution in [0.4, 0.5) is 4.79 Å². The number of carbonyl (C=O) groups is 3. The Bertz CT molecular complexity index is 876. The molecule has 0 saturated carbocycles. The van der Waals surface area contributed by atoms with E-state index in [9.17, 15) is 14.4 Å². The minimum absolute atomic E-state index is 0.165. The SMILES string of the molecule is CCC(C)C(NC(=O)OC(C)(C)C)C(=O)N(C(C)C)C(C(=O)NC(C)(C)C)c1cc(C)cc(C)c1. The predicted octanol–water partition coefficient (Wildman–Crippen LogP) is 5.44. The number of ether oxygens (including phenoxy) is 1. The van der Waals surface area contributed by atoms with E-state index in [2.05, 4.69) is 10.6 Å². The Kier molecular flexibility index (Phi) is 10.4. The van der Waals surface area contributed by atoms with Crippen LogP contribution in [0.3, 0.4) is 0 Å². The predicted molar refractivity (Wildman–Crippen MR) is 141 cm³/mol. The Morgan fingerprint density at radius 3 is 1.86 bits per heavy atom. The number of hydrogen-bond acceptors (Lipinski definition) is 4. The molecule has 1 aromatic rings. The molecule has 198 valence electrons. The van der Waals surface area contributed by atoms with Crippen molar-refractivity contribution < 1.29 is 19.1 Å². The van der Waals surface area contributed by atoms with Gasteiger partial charge in [0, 0.05) is 11.6 Å². The first-order valence-electron chi connectivity index (χ1n) is 12.6. The summed E-state index contributed by atoms with van der Waals surface area (Å²) in [5, 5.41) is 5.85. The van der Waals surface area contributed by atoms with E-state index >= 15 is 0 Å². The second kappa shape index (κ2) is 11.9. The largest absolute Gasteiger partial charge is 0.444 e. The third-order valence-electron chi connectivity index (χ3n) is 5.55. The van der Waals surface area contributed by atoms with Crippen molar-refractivity contribution in [1.82, 2.24) is 15.5 Å². The van der Waals surface area contributed by atoms with Crippen molar-refractivity contribution in [3.63, 3.8) is 0 Å². The average Bonchev–Trinajstić information content (AvgIpc) is 2.65. The third-order valence-corrected chi connectivity index (χ3v) is 5.55. The summed E-state index contributed by atoms with van der Waals surface area (Å²) in [5.74, 6) is -0.736. The molecule has 0 aromatic heterocycles. The Morgan fingerprint density at radius 1 is 0.943 bits per heavy atom. The molecule has 0 aliphatic rings. The Labute approximate surface area is 212 Å². The number of benzene rings is 1. The first-order valence-corrected chi connectivity index (χ1v) is 12.6. The molecule has 0 radical (unpaired) electrons. The highest BCUT2D eigenvalue weighted by Crippen LogP contribution is 2.29. The first-order chi connectivity index (χ1) is 15.9. The molecule has 0 fully saturated rings. The van der Waals surface area contributed by atoms with Crippen LogP contribution in [0.1, 0.15) is 98.4 Å². The summed E-state index contributed by atoms with van der Waals surface area (Å²) in [6, 6.07) is 3.94. The lowest BCUT2D eigenvalue weighted by molar-refractivity contribution is -0.146. The maximum absolute atomic E-state index is 14.1. The first kappa shape index (κ1) is 30.5. The monoisotopic (exact) mass is 489 g/mol. The summed E-state index contributed by atoms with van der Waals surface area (Å²) >= 11 is 0. The summed E-state index contributed by atoms with van der Waals surface area (Å²) in [5.41, 5.74) is 1.58. The maximum Gasteiger partial charge on any atom is 0.408 e. The number of rotatable bonds is 8. The molecule has 3 amide bonds. The topological polar surface area (TPSA) is 87.7 Å². The van der Waals surface area contributed by atoms with Crippen LogP contribution in [0, 0.1) is 19.8 Å². The van der Waals surface area contributed by atoms with E-state index in [-0.39, 0.29) is 23.8 Å². The number of alkyl carbamates (subject to hydrolysis) is 1. The van der Waals surface area contributed by atoms with Gasteiger partial charge in [-0.2, -0.15) is 0 Å². The summed E-state index contributed by atoms with van der Waals surface area (Å²) in [7, 11) is 0. The lowest BCUT2D eigenvalue weighted by Crippen LogP contribution is -2.58. The smallest absolute Gasteiger partial charge is 0.408 e. The highest BCUT2D eigenvalue weighted by molar-refractivity contribution is 5.92. The van der Waals surface area contributed by atoms with E-state index < -0.39 is 29.3 Å². The number of hydrogen-bond donors (Lipinski definition) is 2. The van der Waals surface area contributed by atoms with Crippen LogP contribution in [0.2, 0.25) is 0 Å². The molecule has 3 atom stereocenters. The summed E-state index contributed by atoms with van der Waals surface area (Å²) < 4.78 is 5.44. The molecule has 2 N–H and O–H groups in total. The van der Waals surface area contributed by atoms with Gasteiger partial charge in [-0.1, -0.05) is 49.6 Å². The molecule has 0 aliphatic carbocycles. The van der Waals surface area contributed by atoms with Gasteiger partial charge in [-0.05, 0) is 80.7 Å². The molecule has 35 heavy (non-hydrogen) atoms. The molecule has 0 heterocycles. The molecule has 3 unspecified atom stereocenters. The second-order valence-electron chi connectivity index (χ2n) is 11.9. The van der Waals surface area contributed by atoms with Crippen molar-refractivity contribution in [3.05, 3.63) is 34.9 Å². The van der Waals surface area contributed by atoms with Crippen LogP contribution >= 0.6 is 0 Å². The standard InChI is InChI=1S/C28H47N3O4/c1-13-20(6)22(29-26(34)35-28(10,11)12)25(33)31(17(2)3)23(24(32)30-27(7,8)9)21-15-18(4)14-19(5)16-21/h14-17,20,22-23H,13H2,1-12H3,(H,29,34)(H,30,32). The zero-order valence-electron chi connectivity index (χ0n) is 23.8. The molecule has 0 aliphatic heterocycles. The zero-order chi connectivity index (χ0) is 27.3. The zero-order valence-corrected chi connectivity index (χ0v) is 23.8. The minimum Gasteiger partial charge on any atom is -0.444 e. The van der Waals surface area contributed by atoms with Gasteiger partial charge in [0.25, 0.3) is 0 Å². The van der Waals surface area contributed by atoms with Crippen molar-refractivity contribution >= 4 is 17.9 Å². The van der Waals surface area contributed by atoms with E-state index in [0.29, 0.717) is 6.42 Å². The number of carbonyl (C=O) groups excluding carboxylic acids is 3. The lowest BCUT2D eigenvalue weighted by Gasteiger charge is -2.39. The van der Waals surface area contributed by atoms with Gasteiger partial charge < -0.3 is 20.3 Å². The number of nitrogens with zero attached hydrogens (tertiary/aromatic N) is 1. The maximum atomic E-state index is 14.1. The fraction of sp³-hybridized carbons (Fsp3) is 0.679. The Balaban J connectivity index is 3.59. The van der Waals surface area contributed by atoms with Crippen molar-refractivity contribution in [2.24, 2.45) is 5.92 Å². The number of amides is 3. The van der Waals surface area contributed by atoms with E-state index in [1.807, 2.05) is 80.5 Å². The van der Waals surface area contributed by atoms with Crippen LogP contribution in [0.25, 0.3) is 0 Å². The number of nitrogens with one attached hydrogen (secondary N) is 2. The Hall–Kier alpha value is -2.57. The average molecular weight is 490 g/mol. The van der Waals surface area contributed by atoms with E-state index in [1.54, 1.807) is 25.7 Å². The van der Waals surface area contributed by atoms with Gasteiger partial charge in [0.05, 0.1) is 0 Å². The quantitative estimate of drug-likeness (QED) is 0.509. The highest BCUT2D eigenvalue weighted by atomic mass is 16.6. The van der Waals surface area contributed by atoms with Gasteiger partial charge in [0.1, 0.15) is 17.7 Å². The molecule has 1 aromatic carbocycles. The molecule has 7 nitrogen and oxygen atoms in total.